The number of rotatable bonds is 4. The first kappa shape index (κ1) is 12.3. The average molecular weight is 235 g/mol. The lowest BCUT2D eigenvalue weighted by Gasteiger charge is -2.30. The number of H-pyrrole nitrogens is 1. The number of hydrogen-bond acceptors (Lipinski definition) is 3. The summed E-state index contributed by atoms with van der Waals surface area (Å²) in [5.41, 5.74) is 1.66. The Bertz CT molecular complexity index is 378. The van der Waals surface area contributed by atoms with E-state index in [0.717, 1.165) is 24.6 Å². The zero-order valence-electron chi connectivity index (χ0n) is 10.7. The quantitative estimate of drug-likeness (QED) is 0.811. The van der Waals surface area contributed by atoms with Crippen LogP contribution in [0.1, 0.15) is 42.9 Å². The molecule has 0 spiro atoms. The summed E-state index contributed by atoms with van der Waals surface area (Å²) in [6.07, 6.45) is 3.53. The molecular formula is C13H21N3O. The number of carbonyl (C=O) groups excluding carboxylic acids is 1. The van der Waals surface area contributed by atoms with Gasteiger partial charge in [0.2, 0.25) is 0 Å². The predicted molar refractivity (Wildman–Crippen MR) is 67.1 cm³/mol. The van der Waals surface area contributed by atoms with Crippen LogP contribution >= 0.6 is 0 Å². The number of nitrogens with zero attached hydrogens (tertiary/aromatic N) is 2. The lowest BCUT2D eigenvalue weighted by molar-refractivity contribution is 0.101. The minimum atomic E-state index is 0.0355. The van der Waals surface area contributed by atoms with Crippen LogP contribution in [0, 0.1) is 5.92 Å². The fourth-order valence-corrected chi connectivity index (χ4v) is 2.46. The molecule has 17 heavy (non-hydrogen) atoms. The lowest BCUT2D eigenvalue weighted by atomic mass is 9.92. The molecule has 0 aliphatic carbocycles. The number of Topliss-reactive ketones (excluding diaryl/α,β-unsaturated/α-hetero) is 1. The van der Waals surface area contributed by atoms with Crippen molar-refractivity contribution in [2.75, 3.05) is 19.6 Å². The van der Waals surface area contributed by atoms with E-state index < -0.39 is 0 Å². The van der Waals surface area contributed by atoms with Gasteiger partial charge in [0, 0.05) is 12.6 Å². The number of piperidine rings is 1. The summed E-state index contributed by atoms with van der Waals surface area (Å²) < 4.78 is 0. The number of carbonyl (C=O) groups is 1. The molecule has 0 atom stereocenters. The molecule has 0 aromatic carbocycles. The van der Waals surface area contributed by atoms with Crippen molar-refractivity contribution in [1.82, 2.24) is 15.1 Å². The van der Waals surface area contributed by atoms with Crippen LogP contribution in [0.15, 0.2) is 6.07 Å². The van der Waals surface area contributed by atoms with Gasteiger partial charge in [-0.25, -0.2) is 0 Å². The van der Waals surface area contributed by atoms with Crippen molar-refractivity contribution in [2.24, 2.45) is 5.92 Å². The van der Waals surface area contributed by atoms with Gasteiger partial charge in [-0.1, -0.05) is 6.92 Å². The van der Waals surface area contributed by atoms with Crippen molar-refractivity contribution < 1.29 is 4.79 Å². The van der Waals surface area contributed by atoms with Gasteiger partial charge in [-0.05, 0) is 50.9 Å². The molecule has 0 saturated carbocycles. The molecule has 0 bridgehead atoms. The van der Waals surface area contributed by atoms with E-state index in [2.05, 4.69) is 22.0 Å². The summed E-state index contributed by atoms with van der Waals surface area (Å²) in [6, 6.07) is 1.90. The smallest absolute Gasteiger partial charge is 0.179 e. The van der Waals surface area contributed by atoms with Gasteiger partial charge in [-0.15, -0.1) is 0 Å². The number of nitrogens with one attached hydrogen (secondary N) is 1. The van der Waals surface area contributed by atoms with Crippen molar-refractivity contribution in [3.63, 3.8) is 0 Å². The van der Waals surface area contributed by atoms with Crippen LogP contribution in [0.5, 0.6) is 0 Å². The highest BCUT2D eigenvalue weighted by atomic mass is 16.1. The molecule has 1 aromatic rings. The van der Waals surface area contributed by atoms with Gasteiger partial charge in [0.05, 0.1) is 0 Å². The first-order valence-corrected chi connectivity index (χ1v) is 6.46. The molecule has 4 heteroatoms. The molecule has 1 fully saturated rings. The molecule has 2 rings (SSSR count). The summed E-state index contributed by atoms with van der Waals surface area (Å²) in [7, 11) is 0. The fraction of sp³-hybridized carbons (Fsp3) is 0.692. The van der Waals surface area contributed by atoms with Gasteiger partial charge >= 0.3 is 0 Å². The number of aromatic amines is 1. The van der Waals surface area contributed by atoms with Crippen molar-refractivity contribution >= 4 is 5.78 Å². The highest BCUT2D eigenvalue weighted by Gasteiger charge is 2.19. The van der Waals surface area contributed by atoms with Crippen LogP contribution in [0.3, 0.4) is 0 Å². The molecule has 1 N–H and O–H groups in total. The fourth-order valence-electron chi connectivity index (χ4n) is 2.46. The second-order valence-corrected chi connectivity index (χ2v) is 4.92. The molecule has 1 saturated heterocycles. The molecular weight excluding hydrogens is 214 g/mol. The zero-order valence-corrected chi connectivity index (χ0v) is 10.7. The third kappa shape index (κ3) is 3.16. The van der Waals surface area contributed by atoms with Gasteiger partial charge in [0.25, 0.3) is 0 Å². The summed E-state index contributed by atoms with van der Waals surface area (Å²) >= 11 is 0. The number of ketones is 1. The minimum Gasteiger partial charge on any atom is -0.304 e. The van der Waals surface area contributed by atoms with Gasteiger partial charge in [0.15, 0.2) is 5.78 Å². The van der Waals surface area contributed by atoms with Crippen LogP contribution in [0.4, 0.5) is 0 Å². The van der Waals surface area contributed by atoms with Gasteiger partial charge in [0.1, 0.15) is 5.69 Å². The molecule has 94 valence electrons. The Morgan fingerprint density at radius 1 is 1.53 bits per heavy atom. The second kappa shape index (κ2) is 5.45. The van der Waals surface area contributed by atoms with Crippen LogP contribution in [0.25, 0.3) is 0 Å². The van der Waals surface area contributed by atoms with Crippen LogP contribution in [0.2, 0.25) is 0 Å². The first-order valence-electron chi connectivity index (χ1n) is 6.46. The van der Waals surface area contributed by atoms with Crippen LogP contribution < -0.4 is 0 Å². The van der Waals surface area contributed by atoms with E-state index in [4.69, 9.17) is 0 Å². The number of hydrogen-bond donors (Lipinski definition) is 1. The molecule has 1 aromatic heterocycles. The van der Waals surface area contributed by atoms with E-state index in [1.165, 1.54) is 25.9 Å². The molecule has 2 heterocycles. The molecule has 0 radical (unpaired) electrons. The highest BCUT2D eigenvalue weighted by molar-refractivity contribution is 5.92. The molecule has 4 nitrogen and oxygen atoms in total. The third-order valence-electron chi connectivity index (χ3n) is 3.65. The maximum absolute atomic E-state index is 11.1. The topological polar surface area (TPSA) is 49.0 Å². The maximum Gasteiger partial charge on any atom is 0.179 e. The zero-order chi connectivity index (χ0) is 12.3. The maximum atomic E-state index is 11.1. The number of aromatic nitrogens is 2. The van der Waals surface area contributed by atoms with Crippen molar-refractivity contribution in [3.05, 3.63) is 17.5 Å². The lowest BCUT2D eigenvalue weighted by Crippen LogP contribution is -2.34. The van der Waals surface area contributed by atoms with E-state index >= 15 is 0 Å². The van der Waals surface area contributed by atoms with Crippen molar-refractivity contribution in [3.8, 4) is 0 Å². The molecule has 0 unspecified atom stereocenters. The Labute approximate surface area is 102 Å². The Hall–Kier alpha value is -1.16. The molecule has 1 aliphatic heterocycles. The Balaban J connectivity index is 1.86. The molecule has 0 amide bonds. The van der Waals surface area contributed by atoms with Crippen LogP contribution in [-0.4, -0.2) is 40.5 Å². The predicted octanol–water partition coefficient (Wildman–Crippen LogP) is 1.89. The summed E-state index contributed by atoms with van der Waals surface area (Å²) in [4.78, 5) is 13.6. The summed E-state index contributed by atoms with van der Waals surface area (Å²) in [5, 5.41) is 7.00. The number of likely N-dealkylation sites (tertiary alicyclic amines) is 1. The van der Waals surface area contributed by atoms with Crippen LogP contribution in [-0.2, 0) is 6.42 Å². The molecule has 1 aliphatic rings. The highest BCUT2D eigenvalue weighted by Crippen LogP contribution is 2.20. The Kier molecular flexibility index (Phi) is 3.94. The minimum absolute atomic E-state index is 0.0355. The van der Waals surface area contributed by atoms with Crippen molar-refractivity contribution in [1.29, 1.82) is 0 Å². The monoisotopic (exact) mass is 235 g/mol. The summed E-state index contributed by atoms with van der Waals surface area (Å²) in [5.74, 6) is 0.770. The SMILES string of the molecule is CCN1CCC(Cc2cc(C(C)=O)n[nH]2)CC1. The van der Waals surface area contributed by atoms with E-state index in [1.807, 2.05) is 6.07 Å². The van der Waals surface area contributed by atoms with Gasteiger partial charge in [-0.2, -0.15) is 5.10 Å². The first-order chi connectivity index (χ1) is 8.19. The van der Waals surface area contributed by atoms with E-state index in [0.29, 0.717) is 5.69 Å². The summed E-state index contributed by atoms with van der Waals surface area (Å²) in [6.45, 7) is 7.34. The Morgan fingerprint density at radius 2 is 2.24 bits per heavy atom. The van der Waals surface area contributed by atoms with E-state index in [-0.39, 0.29) is 5.78 Å². The second-order valence-electron chi connectivity index (χ2n) is 4.92. The Morgan fingerprint density at radius 3 is 2.76 bits per heavy atom. The van der Waals surface area contributed by atoms with Gasteiger partial charge < -0.3 is 4.90 Å². The van der Waals surface area contributed by atoms with E-state index in [1.54, 1.807) is 6.92 Å². The standard InChI is InChI=1S/C13H21N3O/c1-3-16-6-4-11(5-7-16)8-12-9-13(10(2)17)15-14-12/h9,11H,3-8H2,1-2H3,(H,14,15). The van der Waals surface area contributed by atoms with E-state index in [9.17, 15) is 4.79 Å². The average Bonchev–Trinajstić information content (AvgIpc) is 2.79. The third-order valence-corrected chi connectivity index (χ3v) is 3.65. The largest absolute Gasteiger partial charge is 0.304 e. The normalized spacial score (nSPS) is 18.5. The van der Waals surface area contributed by atoms with Crippen molar-refractivity contribution in [2.45, 2.75) is 33.1 Å². The van der Waals surface area contributed by atoms with Gasteiger partial charge in [-0.3, -0.25) is 9.89 Å².